The van der Waals surface area contributed by atoms with Crippen LogP contribution in [0, 0.1) is 26.7 Å². The molecule has 0 radical (unpaired) electrons. The number of nitrogens with two attached hydrogens (primary N) is 1. The topological polar surface area (TPSA) is 26.0 Å². The maximum atomic E-state index is 6.66. The van der Waals surface area contributed by atoms with E-state index in [4.69, 9.17) is 5.73 Å². The molecule has 1 saturated carbocycles. The van der Waals surface area contributed by atoms with Crippen LogP contribution in [0.5, 0.6) is 0 Å². The second-order valence-corrected chi connectivity index (χ2v) is 6.62. The highest BCUT2D eigenvalue weighted by atomic mass is 14.7. The van der Waals surface area contributed by atoms with Crippen molar-refractivity contribution in [3.8, 4) is 0 Å². The summed E-state index contributed by atoms with van der Waals surface area (Å²) in [7, 11) is 0. The third-order valence-corrected chi connectivity index (χ3v) is 4.50. The van der Waals surface area contributed by atoms with Crippen molar-refractivity contribution in [3.05, 3.63) is 34.4 Å². The lowest BCUT2D eigenvalue weighted by Crippen LogP contribution is -2.46. The van der Waals surface area contributed by atoms with Gasteiger partial charge in [-0.25, -0.2) is 0 Å². The Morgan fingerprint density at radius 3 is 2.39 bits per heavy atom. The molecule has 100 valence electrons. The minimum Gasteiger partial charge on any atom is -0.325 e. The molecular weight excluding hydrogens is 218 g/mol. The van der Waals surface area contributed by atoms with Crippen LogP contribution in [0.1, 0.15) is 54.9 Å². The van der Waals surface area contributed by atoms with Crippen LogP contribution in [0.25, 0.3) is 0 Å². The third-order valence-electron chi connectivity index (χ3n) is 4.50. The molecule has 1 aliphatic rings. The predicted octanol–water partition coefficient (Wildman–Crippen LogP) is 4.06. The number of hydrogen-bond donors (Lipinski definition) is 1. The van der Waals surface area contributed by atoms with Gasteiger partial charge in [0.2, 0.25) is 0 Å². The van der Waals surface area contributed by atoms with Gasteiger partial charge in [0.1, 0.15) is 0 Å². The summed E-state index contributed by atoms with van der Waals surface area (Å²) in [6, 6.07) is 4.58. The van der Waals surface area contributed by atoms with Crippen LogP contribution >= 0.6 is 0 Å². The molecule has 2 atom stereocenters. The Kier molecular flexibility index (Phi) is 3.82. The summed E-state index contributed by atoms with van der Waals surface area (Å²) in [4.78, 5) is 0. The van der Waals surface area contributed by atoms with Crippen molar-refractivity contribution in [3.63, 3.8) is 0 Å². The zero-order chi connectivity index (χ0) is 13.3. The van der Waals surface area contributed by atoms with Crippen molar-refractivity contribution in [2.75, 3.05) is 0 Å². The highest BCUT2D eigenvalue weighted by molar-refractivity contribution is 5.38. The lowest BCUT2D eigenvalue weighted by Gasteiger charge is -2.37. The van der Waals surface area contributed by atoms with E-state index in [2.05, 4.69) is 39.8 Å². The molecule has 2 unspecified atom stereocenters. The largest absolute Gasteiger partial charge is 0.325 e. The molecule has 1 aromatic rings. The van der Waals surface area contributed by atoms with E-state index in [9.17, 15) is 0 Å². The van der Waals surface area contributed by atoms with Gasteiger partial charge in [-0.3, -0.25) is 0 Å². The van der Waals surface area contributed by atoms with E-state index in [1.165, 1.54) is 47.9 Å². The Hall–Kier alpha value is -0.820. The lowest BCUT2D eigenvalue weighted by molar-refractivity contribution is 0.235. The Balaban J connectivity index is 2.23. The van der Waals surface area contributed by atoms with E-state index in [0.29, 0.717) is 0 Å². The van der Waals surface area contributed by atoms with E-state index in [1.54, 1.807) is 0 Å². The normalized spacial score (nSPS) is 28.4. The molecule has 1 aliphatic carbocycles. The summed E-state index contributed by atoms with van der Waals surface area (Å²) in [5.41, 5.74) is 12.4. The Labute approximate surface area is 112 Å². The van der Waals surface area contributed by atoms with Crippen molar-refractivity contribution in [1.29, 1.82) is 0 Å². The number of benzene rings is 1. The highest BCUT2D eigenvalue weighted by Gasteiger charge is 2.31. The van der Waals surface area contributed by atoms with E-state index < -0.39 is 0 Å². The fourth-order valence-electron chi connectivity index (χ4n) is 3.70. The van der Waals surface area contributed by atoms with Crippen LogP contribution in [-0.2, 0) is 6.42 Å². The minimum absolute atomic E-state index is 0.0302. The molecule has 0 saturated heterocycles. The molecule has 1 heteroatoms. The van der Waals surface area contributed by atoms with E-state index >= 15 is 0 Å². The predicted molar refractivity (Wildman–Crippen MR) is 78.9 cm³/mol. The molecular formula is C17H27N. The van der Waals surface area contributed by atoms with Crippen LogP contribution in [-0.4, -0.2) is 5.54 Å². The van der Waals surface area contributed by atoms with Crippen LogP contribution < -0.4 is 5.73 Å². The molecule has 0 spiro atoms. The van der Waals surface area contributed by atoms with Crippen LogP contribution in [0.15, 0.2) is 12.1 Å². The van der Waals surface area contributed by atoms with Gasteiger partial charge in [-0.05, 0) is 62.6 Å². The molecule has 0 aliphatic heterocycles. The molecule has 0 bridgehead atoms. The first kappa shape index (κ1) is 13.6. The maximum Gasteiger partial charge on any atom is 0.0197 e. The second-order valence-electron chi connectivity index (χ2n) is 6.62. The lowest BCUT2D eigenvalue weighted by atomic mass is 9.73. The number of rotatable bonds is 2. The molecule has 0 aromatic heterocycles. The summed E-state index contributed by atoms with van der Waals surface area (Å²) in [6.07, 6.45) is 6.06. The van der Waals surface area contributed by atoms with Gasteiger partial charge >= 0.3 is 0 Å². The van der Waals surface area contributed by atoms with Crippen molar-refractivity contribution in [2.45, 2.75) is 65.3 Å². The zero-order valence-corrected chi connectivity index (χ0v) is 12.3. The zero-order valence-electron chi connectivity index (χ0n) is 12.3. The summed E-state index contributed by atoms with van der Waals surface area (Å²) in [6.45, 7) is 8.97. The summed E-state index contributed by atoms with van der Waals surface area (Å²) >= 11 is 0. The van der Waals surface area contributed by atoms with Gasteiger partial charge in [0.15, 0.2) is 0 Å². The Bertz CT molecular complexity index is 412. The van der Waals surface area contributed by atoms with Gasteiger partial charge < -0.3 is 5.73 Å². The van der Waals surface area contributed by atoms with Gasteiger partial charge in [0.25, 0.3) is 0 Å². The summed E-state index contributed by atoms with van der Waals surface area (Å²) in [5.74, 6) is 0.787. The molecule has 1 fully saturated rings. The monoisotopic (exact) mass is 245 g/mol. The Morgan fingerprint density at radius 1 is 1.22 bits per heavy atom. The average molecular weight is 245 g/mol. The van der Waals surface area contributed by atoms with Crippen molar-refractivity contribution in [2.24, 2.45) is 11.7 Å². The van der Waals surface area contributed by atoms with Crippen molar-refractivity contribution < 1.29 is 0 Å². The van der Waals surface area contributed by atoms with Gasteiger partial charge in [0.05, 0.1) is 0 Å². The number of aryl methyl sites for hydroxylation is 3. The molecule has 2 rings (SSSR count). The highest BCUT2D eigenvalue weighted by Crippen LogP contribution is 2.34. The van der Waals surface area contributed by atoms with Crippen molar-refractivity contribution >= 4 is 0 Å². The minimum atomic E-state index is 0.0302. The maximum absolute atomic E-state index is 6.66. The number of hydrogen-bond acceptors (Lipinski definition) is 1. The van der Waals surface area contributed by atoms with Crippen LogP contribution in [0.4, 0.5) is 0 Å². The van der Waals surface area contributed by atoms with Gasteiger partial charge in [-0.2, -0.15) is 0 Å². The molecule has 2 N–H and O–H groups in total. The second kappa shape index (κ2) is 5.05. The van der Waals surface area contributed by atoms with Gasteiger partial charge in [0, 0.05) is 5.54 Å². The fourth-order valence-corrected chi connectivity index (χ4v) is 3.70. The standard InChI is InChI=1S/C17H27N/c1-12-6-5-7-17(18,10-12)11-16-14(3)8-13(2)9-15(16)4/h8-9,12H,5-7,10-11,18H2,1-4H3. The van der Waals surface area contributed by atoms with Crippen molar-refractivity contribution in [1.82, 2.24) is 0 Å². The molecule has 1 nitrogen and oxygen atoms in total. The van der Waals surface area contributed by atoms with E-state index in [1.807, 2.05) is 0 Å². The third kappa shape index (κ3) is 2.95. The van der Waals surface area contributed by atoms with Crippen LogP contribution in [0.2, 0.25) is 0 Å². The SMILES string of the molecule is Cc1cc(C)c(CC2(N)CCCC(C)C2)c(C)c1. The van der Waals surface area contributed by atoms with Gasteiger partial charge in [-0.15, -0.1) is 0 Å². The smallest absolute Gasteiger partial charge is 0.0197 e. The molecule has 1 aromatic carbocycles. The first-order chi connectivity index (χ1) is 8.39. The van der Waals surface area contributed by atoms with E-state index in [0.717, 1.165) is 12.3 Å². The Morgan fingerprint density at radius 2 is 1.83 bits per heavy atom. The van der Waals surface area contributed by atoms with Gasteiger partial charge in [-0.1, -0.05) is 37.5 Å². The average Bonchev–Trinajstić information content (AvgIpc) is 2.23. The fraction of sp³-hybridized carbons (Fsp3) is 0.647. The first-order valence-electron chi connectivity index (χ1n) is 7.25. The van der Waals surface area contributed by atoms with Crippen LogP contribution in [0.3, 0.4) is 0 Å². The molecule has 18 heavy (non-hydrogen) atoms. The van der Waals surface area contributed by atoms with E-state index in [-0.39, 0.29) is 5.54 Å². The first-order valence-corrected chi connectivity index (χ1v) is 7.25. The quantitative estimate of drug-likeness (QED) is 0.835. The molecule has 0 heterocycles. The summed E-state index contributed by atoms with van der Waals surface area (Å²) in [5, 5.41) is 0. The summed E-state index contributed by atoms with van der Waals surface area (Å²) < 4.78 is 0. The molecule has 0 amide bonds.